The summed E-state index contributed by atoms with van der Waals surface area (Å²) in [5.41, 5.74) is -0.166. The van der Waals surface area contributed by atoms with Crippen LogP contribution in [-0.2, 0) is 14.3 Å². The van der Waals surface area contributed by atoms with Crippen molar-refractivity contribution in [2.75, 3.05) is 20.8 Å². The fraction of sp³-hybridized carbons (Fsp3) is 0.833. The number of alkyl carbamates (subject to hydrolysis) is 1. The summed E-state index contributed by atoms with van der Waals surface area (Å²) in [7, 11) is 2.72. The Morgan fingerprint density at radius 3 is 2.53 bits per heavy atom. The largest absolute Gasteiger partial charge is 0.469 e. The number of nitrogens with one attached hydrogen (secondary N) is 1. The van der Waals surface area contributed by atoms with Gasteiger partial charge in [0.1, 0.15) is 0 Å². The average Bonchev–Trinajstić information content (AvgIpc) is 2.68. The maximum absolute atomic E-state index is 11.4. The van der Waals surface area contributed by atoms with Gasteiger partial charge in [-0.2, -0.15) is 0 Å². The molecular weight excluding hydrogens is 222 g/mol. The van der Waals surface area contributed by atoms with Gasteiger partial charge in [-0.25, -0.2) is 4.79 Å². The highest BCUT2D eigenvalue weighted by molar-refractivity contribution is 5.71. The Bertz CT molecular complexity index is 292. The second-order valence-corrected chi connectivity index (χ2v) is 4.95. The minimum atomic E-state index is -0.450. The van der Waals surface area contributed by atoms with Crippen LogP contribution < -0.4 is 5.32 Å². The predicted molar refractivity (Wildman–Crippen MR) is 62.5 cm³/mol. The van der Waals surface area contributed by atoms with E-state index in [2.05, 4.69) is 17.0 Å². The summed E-state index contributed by atoms with van der Waals surface area (Å²) in [6, 6.07) is 0. The number of hydrogen-bond donors (Lipinski definition) is 1. The number of amides is 1. The fourth-order valence-electron chi connectivity index (χ4n) is 2.59. The molecule has 1 aliphatic rings. The van der Waals surface area contributed by atoms with Crippen LogP contribution in [0, 0.1) is 11.3 Å². The average molecular weight is 243 g/mol. The first kappa shape index (κ1) is 13.8. The number of ether oxygens (including phenoxy) is 2. The van der Waals surface area contributed by atoms with Crippen molar-refractivity contribution < 1.29 is 19.1 Å². The van der Waals surface area contributed by atoms with Crippen LogP contribution in [0.4, 0.5) is 4.79 Å². The summed E-state index contributed by atoms with van der Waals surface area (Å²) in [6.07, 6.45) is 2.87. The van der Waals surface area contributed by atoms with Gasteiger partial charge in [-0.3, -0.25) is 4.79 Å². The van der Waals surface area contributed by atoms with Crippen LogP contribution in [0.3, 0.4) is 0 Å². The maximum Gasteiger partial charge on any atom is 0.406 e. The summed E-state index contributed by atoms with van der Waals surface area (Å²) in [5.74, 6) is 0.366. The molecule has 1 fully saturated rings. The maximum atomic E-state index is 11.4. The van der Waals surface area contributed by atoms with Crippen molar-refractivity contribution >= 4 is 12.1 Å². The number of carbonyl (C=O) groups excluding carboxylic acids is 2. The van der Waals surface area contributed by atoms with Crippen LogP contribution in [0.1, 0.15) is 32.6 Å². The Balaban J connectivity index is 2.60. The number of rotatable bonds is 4. The number of esters is 1. The highest BCUT2D eigenvalue weighted by Gasteiger charge is 2.39. The van der Waals surface area contributed by atoms with Gasteiger partial charge in [-0.15, -0.1) is 0 Å². The molecule has 0 aromatic carbocycles. The molecule has 1 aliphatic carbocycles. The van der Waals surface area contributed by atoms with Gasteiger partial charge in [-0.1, -0.05) is 13.3 Å². The van der Waals surface area contributed by atoms with Gasteiger partial charge >= 0.3 is 12.1 Å². The van der Waals surface area contributed by atoms with Crippen molar-refractivity contribution in [3.05, 3.63) is 0 Å². The van der Waals surface area contributed by atoms with E-state index in [1.165, 1.54) is 14.2 Å². The third-order valence-electron chi connectivity index (χ3n) is 3.49. The number of methoxy groups -OCH3 is 2. The molecule has 1 rings (SSSR count). The topological polar surface area (TPSA) is 64.6 Å². The molecular formula is C12H21NO4. The molecule has 0 heterocycles. The Kier molecular flexibility index (Phi) is 4.78. The summed E-state index contributed by atoms with van der Waals surface area (Å²) in [5, 5.41) is 2.70. The number of hydrogen-bond acceptors (Lipinski definition) is 4. The van der Waals surface area contributed by atoms with Crippen molar-refractivity contribution in [3.63, 3.8) is 0 Å². The van der Waals surface area contributed by atoms with E-state index in [1.807, 2.05) is 0 Å². The van der Waals surface area contributed by atoms with E-state index in [1.54, 1.807) is 0 Å². The summed E-state index contributed by atoms with van der Waals surface area (Å²) >= 11 is 0. The normalized spacial score (nSPS) is 27.6. The lowest BCUT2D eigenvalue weighted by molar-refractivity contribution is -0.143. The van der Waals surface area contributed by atoms with Crippen molar-refractivity contribution in [1.29, 1.82) is 0 Å². The van der Waals surface area contributed by atoms with Crippen molar-refractivity contribution in [2.24, 2.45) is 11.3 Å². The second kappa shape index (κ2) is 5.89. The lowest BCUT2D eigenvalue weighted by Crippen LogP contribution is -2.37. The third kappa shape index (κ3) is 3.91. The van der Waals surface area contributed by atoms with Crippen molar-refractivity contribution in [3.8, 4) is 0 Å². The van der Waals surface area contributed by atoms with Gasteiger partial charge in [-0.05, 0) is 24.2 Å². The Hall–Kier alpha value is -1.26. The fourth-order valence-corrected chi connectivity index (χ4v) is 2.59. The first-order chi connectivity index (χ1) is 8.01. The Morgan fingerprint density at radius 2 is 2.06 bits per heavy atom. The first-order valence-corrected chi connectivity index (χ1v) is 5.90. The Labute approximate surface area is 102 Å². The van der Waals surface area contributed by atoms with Crippen LogP contribution >= 0.6 is 0 Å². The molecule has 5 nitrogen and oxygen atoms in total. The highest BCUT2D eigenvalue weighted by Crippen LogP contribution is 2.44. The van der Waals surface area contributed by atoms with Crippen LogP contribution in [0.2, 0.25) is 0 Å². The molecule has 1 N–H and O–H groups in total. The standard InChI is InChI=1S/C12H21NO4/c1-9-4-5-12(6-9,7-10(14)16-2)8-13-11(15)17-3/h9H,4-8H2,1-3H3,(H,13,15). The van der Waals surface area contributed by atoms with E-state index in [0.29, 0.717) is 18.9 Å². The lowest BCUT2D eigenvalue weighted by Gasteiger charge is -2.28. The second-order valence-electron chi connectivity index (χ2n) is 4.95. The molecule has 2 atom stereocenters. The lowest BCUT2D eigenvalue weighted by atomic mass is 9.82. The van der Waals surface area contributed by atoms with E-state index >= 15 is 0 Å². The van der Waals surface area contributed by atoms with Crippen LogP contribution in [-0.4, -0.2) is 32.8 Å². The molecule has 2 unspecified atom stereocenters. The molecule has 0 saturated heterocycles. The van der Waals surface area contributed by atoms with Gasteiger partial charge in [0, 0.05) is 6.54 Å². The van der Waals surface area contributed by atoms with Crippen LogP contribution in [0.5, 0.6) is 0 Å². The molecule has 5 heteroatoms. The van der Waals surface area contributed by atoms with E-state index in [4.69, 9.17) is 4.74 Å². The van der Waals surface area contributed by atoms with Gasteiger partial charge < -0.3 is 14.8 Å². The van der Waals surface area contributed by atoms with Crippen LogP contribution in [0.25, 0.3) is 0 Å². The van der Waals surface area contributed by atoms with Crippen LogP contribution in [0.15, 0.2) is 0 Å². The van der Waals surface area contributed by atoms with Gasteiger partial charge in [0.2, 0.25) is 0 Å². The molecule has 0 bridgehead atoms. The van der Waals surface area contributed by atoms with Crippen molar-refractivity contribution in [2.45, 2.75) is 32.6 Å². The van der Waals surface area contributed by atoms with E-state index in [-0.39, 0.29) is 11.4 Å². The van der Waals surface area contributed by atoms with Gasteiger partial charge in [0.05, 0.1) is 20.6 Å². The van der Waals surface area contributed by atoms with E-state index in [9.17, 15) is 9.59 Å². The molecule has 0 aromatic rings. The summed E-state index contributed by atoms with van der Waals surface area (Å²) in [6.45, 7) is 2.64. The Morgan fingerprint density at radius 1 is 1.35 bits per heavy atom. The van der Waals surface area contributed by atoms with Crippen molar-refractivity contribution in [1.82, 2.24) is 5.32 Å². The number of carbonyl (C=O) groups is 2. The summed E-state index contributed by atoms with van der Waals surface area (Å²) < 4.78 is 9.27. The first-order valence-electron chi connectivity index (χ1n) is 5.90. The minimum absolute atomic E-state index is 0.166. The molecule has 98 valence electrons. The molecule has 0 spiro atoms. The molecule has 17 heavy (non-hydrogen) atoms. The monoisotopic (exact) mass is 243 g/mol. The van der Waals surface area contributed by atoms with Gasteiger partial charge in [0.15, 0.2) is 0 Å². The molecule has 1 amide bonds. The van der Waals surface area contributed by atoms with Gasteiger partial charge in [0.25, 0.3) is 0 Å². The quantitative estimate of drug-likeness (QED) is 0.763. The third-order valence-corrected chi connectivity index (χ3v) is 3.49. The highest BCUT2D eigenvalue weighted by atomic mass is 16.5. The zero-order valence-electron chi connectivity index (χ0n) is 10.7. The zero-order chi connectivity index (χ0) is 12.9. The molecule has 1 saturated carbocycles. The predicted octanol–water partition coefficient (Wildman–Crippen LogP) is 1.71. The van der Waals surface area contributed by atoms with E-state index in [0.717, 1.165) is 19.3 Å². The zero-order valence-corrected chi connectivity index (χ0v) is 10.7. The SMILES string of the molecule is COC(=O)CC1(CNC(=O)OC)CCC(C)C1. The molecule has 0 aromatic heterocycles. The minimum Gasteiger partial charge on any atom is -0.469 e. The smallest absolute Gasteiger partial charge is 0.406 e. The molecule has 0 aliphatic heterocycles. The molecule has 0 radical (unpaired) electrons. The van der Waals surface area contributed by atoms with E-state index < -0.39 is 6.09 Å². The summed E-state index contributed by atoms with van der Waals surface area (Å²) in [4.78, 5) is 22.5.